The van der Waals surface area contributed by atoms with E-state index in [1.807, 2.05) is 0 Å². The molecule has 8 nitrogen and oxygen atoms in total. The Hall–Kier alpha value is -2.06. The van der Waals surface area contributed by atoms with E-state index in [-0.39, 0.29) is 11.7 Å². The van der Waals surface area contributed by atoms with Gasteiger partial charge in [0.1, 0.15) is 5.60 Å². The van der Waals surface area contributed by atoms with Gasteiger partial charge in [0.15, 0.2) is 11.5 Å². The minimum Gasteiger partial charge on any atom is -0.382 e. The van der Waals surface area contributed by atoms with Crippen molar-refractivity contribution in [3.05, 3.63) is 18.2 Å². The summed E-state index contributed by atoms with van der Waals surface area (Å²) in [6.07, 6.45) is 4.39. The van der Waals surface area contributed by atoms with Gasteiger partial charge in [-0.3, -0.25) is 0 Å². The molecule has 0 saturated carbocycles. The highest BCUT2D eigenvalue weighted by Crippen LogP contribution is 2.34. The number of nitrogen functional groups attached to an aromatic ring is 1. The van der Waals surface area contributed by atoms with E-state index in [1.54, 1.807) is 7.11 Å². The highest BCUT2D eigenvalue weighted by atomic mass is 16.5. The molecule has 0 unspecified atom stereocenters. The number of aromatic nitrogens is 4. The first-order valence-electron chi connectivity index (χ1n) is 6.29. The topological polar surface area (TPSA) is 109 Å². The highest BCUT2D eigenvalue weighted by Gasteiger charge is 2.39. The molecule has 3 heterocycles. The van der Waals surface area contributed by atoms with Gasteiger partial charge in [0.2, 0.25) is 5.82 Å². The summed E-state index contributed by atoms with van der Waals surface area (Å²) in [7, 11) is 1.64. The first-order chi connectivity index (χ1) is 9.75. The summed E-state index contributed by atoms with van der Waals surface area (Å²) < 4.78 is 16.2. The van der Waals surface area contributed by atoms with Crippen LogP contribution in [0, 0.1) is 0 Å². The fraction of sp³-hybridized carbons (Fsp3) is 0.500. The minimum absolute atomic E-state index is 0.244. The molecule has 2 aromatic rings. The van der Waals surface area contributed by atoms with E-state index in [4.69, 9.17) is 19.7 Å². The third-order valence-electron chi connectivity index (χ3n) is 3.45. The molecule has 1 fully saturated rings. The van der Waals surface area contributed by atoms with Crippen molar-refractivity contribution in [1.82, 2.24) is 20.1 Å². The molecule has 3 rings (SSSR count). The van der Waals surface area contributed by atoms with Crippen LogP contribution in [0.5, 0.6) is 0 Å². The van der Waals surface area contributed by atoms with Gasteiger partial charge in [-0.1, -0.05) is 5.16 Å². The van der Waals surface area contributed by atoms with Crippen LogP contribution in [0.25, 0.3) is 11.6 Å². The maximum Gasteiger partial charge on any atom is 0.280 e. The zero-order valence-electron chi connectivity index (χ0n) is 11.1. The fourth-order valence-corrected chi connectivity index (χ4v) is 2.24. The molecule has 0 aromatic carbocycles. The minimum atomic E-state index is -0.572. The average Bonchev–Trinajstić information content (AvgIpc) is 2.98. The van der Waals surface area contributed by atoms with Crippen molar-refractivity contribution in [2.24, 2.45) is 0 Å². The molecule has 0 aliphatic carbocycles. The molecule has 106 valence electrons. The van der Waals surface area contributed by atoms with E-state index in [1.165, 1.54) is 12.4 Å². The Balaban J connectivity index is 1.95. The molecule has 0 radical (unpaired) electrons. The van der Waals surface area contributed by atoms with Gasteiger partial charge in [-0.15, -0.1) is 0 Å². The van der Waals surface area contributed by atoms with E-state index in [0.29, 0.717) is 37.6 Å². The monoisotopic (exact) mass is 277 g/mol. The summed E-state index contributed by atoms with van der Waals surface area (Å²) in [6, 6.07) is 0. The van der Waals surface area contributed by atoms with Crippen LogP contribution in [0.3, 0.4) is 0 Å². The van der Waals surface area contributed by atoms with E-state index in [2.05, 4.69) is 20.1 Å². The Bertz CT molecular complexity index is 594. The summed E-state index contributed by atoms with van der Waals surface area (Å²) in [6.45, 7) is 1.20. The maximum absolute atomic E-state index is 5.75. The summed E-state index contributed by atoms with van der Waals surface area (Å²) >= 11 is 0. The second kappa shape index (κ2) is 5.14. The van der Waals surface area contributed by atoms with Gasteiger partial charge in [0.05, 0.1) is 0 Å². The van der Waals surface area contributed by atoms with E-state index < -0.39 is 5.60 Å². The first-order valence-corrected chi connectivity index (χ1v) is 6.29. The van der Waals surface area contributed by atoms with Crippen molar-refractivity contribution < 1.29 is 14.0 Å². The molecule has 1 aliphatic rings. The van der Waals surface area contributed by atoms with Gasteiger partial charge in [-0.2, -0.15) is 4.98 Å². The Morgan fingerprint density at radius 3 is 2.70 bits per heavy atom. The predicted octanol–water partition coefficient (Wildman–Crippen LogP) is 0.761. The summed E-state index contributed by atoms with van der Waals surface area (Å²) in [4.78, 5) is 12.4. The molecule has 8 heteroatoms. The van der Waals surface area contributed by atoms with Crippen molar-refractivity contribution in [3.63, 3.8) is 0 Å². The lowest BCUT2D eigenvalue weighted by molar-refractivity contribution is -0.101. The van der Waals surface area contributed by atoms with Crippen LogP contribution in [-0.2, 0) is 15.1 Å². The number of ether oxygens (including phenoxy) is 2. The molecule has 2 aromatic heterocycles. The Labute approximate surface area is 115 Å². The summed E-state index contributed by atoms with van der Waals surface area (Å²) in [5.74, 6) is 0.984. The number of anilines is 1. The molecule has 20 heavy (non-hydrogen) atoms. The molecular formula is C12H15N5O3. The van der Waals surface area contributed by atoms with Gasteiger partial charge < -0.3 is 19.7 Å². The second-order valence-electron chi connectivity index (χ2n) is 4.52. The maximum atomic E-state index is 5.75. The molecule has 2 N–H and O–H groups in total. The van der Waals surface area contributed by atoms with Gasteiger partial charge in [-0.05, 0) is 0 Å². The van der Waals surface area contributed by atoms with E-state index in [9.17, 15) is 0 Å². The lowest BCUT2D eigenvalue weighted by Crippen LogP contribution is -2.36. The quantitative estimate of drug-likeness (QED) is 0.875. The molecular weight excluding hydrogens is 262 g/mol. The van der Waals surface area contributed by atoms with Crippen molar-refractivity contribution >= 4 is 5.82 Å². The molecule has 0 spiro atoms. The lowest BCUT2D eigenvalue weighted by atomic mass is 9.93. The van der Waals surface area contributed by atoms with Crippen molar-refractivity contribution in [2.45, 2.75) is 18.4 Å². The van der Waals surface area contributed by atoms with Crippen LogP contribution in [0.15, 0.2) is 16.9 Å². The number of hydrogen-bond acceptors (Lipinski definition) is 8. The lowest BCUT2D eigenvalue weighted by Gasteiger charge is -2.32. The zero-order valence-corrected chi connectivity index (χ0v) is 11.1. The van der Waals surface area contributed by atoms with Gasteiger partial charge >= 0.3 is 0 Å². The van der Waals surface area contributed by atoms with Crippen LogP contribution in [0.2, 0.25) is 0 Å². The molecule has 0 bridgehead atoms. The predicted molar refractivity (Wildman–Crippen MR) is 68.5 cm³/mol. The number of nitrogens with zero attached hydrogens (tertiary/aromatic N) is 4. The largest absolute Gasteiger partial charge is 0.382 e. The van der Waals surface area contributed by atoms with Crippen LogP contribution in [0.1, 0.15) is 18.7 Å². The first kappa shape index (κ1) is 12.9. The fourth-order valence-electron chi connectivity index (χ4n) is 2.24. The zero-order chi connectivity index (χ0) is 14.0. The van der Waals surface area contributed by atoms with Crippen molar-refractivity contribution in [3.8, 4) is 11.6 Å². The third kappa shape index (κ3) is 2.12. The van der Waals surface area contributed by atoms with E-state index >= 15 is 0 Å². The van der Waals surface area contributed by atoms with Crippen LogP contribution in [-0.4, -0.2) is 40.4 Å². The van der Waals surface area contributed by atoms with Gasteiger partial charge in [-0.25, -0.2) is 9.97 Å². The van der Waals surface area contributed by atoms with Crippen LogP contribution < -0.4 is 5.73 Å². The molecule has 0 atom stereocenters. The van der Waals surface area contributed by atoms with Crippen LogP contribution >= 0.6 is 0 Å². The number of methoxy groups -OCH3 is 1. The standard InChI is InChI=1S/C12H15N5O3/c1-18-12(2-6-19-7-3-12)11-16-10(20-17-11)8-9(13)15-5-4-14-8/h4-5H,2-3,6-7H2,1H3,(H2,13,15). The Morgan fingerprint density at radius 2 is 2.00 bits per heavy atom. The number of hydrogen-bond donors (Lipinski definition) is 1. The molecule has 0 amide bonds. The van der Waals surface area contributed by atoms with Gasteiger partial charge in [0.25, 0.3) is 5.89 Å². The average molecular weight is 277 g/mol. The summed E-state index contributed by atoms with van der Waals surface area (Å²) in [5.41, 5.74) is 5.56. The normalized spacial score (nSPS) is 18.1. The Morgan fingerprint density at radius 1 is 1.25 bits per heavy atom. The second-order valence-corrected chi connectivity index (χ2v) is 4.52. The van der Waals surface area contributed by atoms with Crippen molar-refractivity contribution in [1.29, 1.82) is 0 Å². The SMILES string of the molecule is COC1(c2noc(-c3nccnc3N)n2)CCOCC1. The molecule has 1 aliphatic heterocycles. The highest BCUT2D eigenvalue weighted by molar-refractivity contribution is 5.61. The molecule has 1 saturated heterocycles. The van der Waals surface area contributed by atoms with Crippen LogP contribution in [0.4, 0.5) is 5.82 Å². The number of rotatable bonds is 3. The van der Waals surface area contributed by atoms with E-state index in [0.717, 1.165) is 0 Å². The third-order valence-corrected chi connectivity index (χ3v) is 3.45. The summed E-state index contributed by atoms with van der Waals surface area (Å²) in [5, 5.41) is 4.01. The number of nitrogens with two attached hydrogens (primary N) is 1. The Kier molecular flexibility index (Phi) is 3.33. The smallest absolute Gasteiger partial charge is 0.280 e. The van der Waals surface area contributed by atoms with Gasteiger partial charge in [0, 0.05) is 45.6 Å². The van der Waals surface area contributed by atoms with Crippen molar-refractivity contribution in [2.75, 3.05) is 26.1 Å².